The van der Waals surface area contributed by atoms with E-state index in [2.05, 4.69) is 15.6 Å². The summed E-state index contributed by atoms with van der Waals surface area (Å²) in [6.07, 6.45) is -3.43. The number of hydrogen-bond acceptors (Lipinski definition) is 2. The van der Waals surface area contributed by atoms with Crippen LogP contribution in [0.3, 0.4) is 0 Å². The van der Waals surface area contributed by atoms with Crippen LogP contribution in [0.2, 0.25) is 0 Å². The Morgan fingerprint density at radius 3 is 2.38 bits per heavy atom. The number of likely N-dealkylation sites (tertiary alicyclic amines) is 1. The molecular formula is C13H26F3IN4. The lowest BCUT2D eigenvalue weighted by Gasteiger charge is -2.26. The van der Waals surface area contributed by atoms with E-state index in [0.717, 1.165) is 0 Å². The Kier molecular flexibility index (Phi) is 8.30. The normalized spacial score (nSPS) is 21.1. The third-order valence-electron chi connectivity index (χ3n) is 2.83. The van der Waals surface area contributed by atoms with Gasteiger partial charge in [0.05, 0.1) is 6.54 Å². The zero-order valence-electron chi connectivity index (χ0n) is 13.0. The quantitative estimate of drug-likeness (QED) is 0.418. The first-order chi connectivity index (χ1) is 9.09. The molecule has 4 nitrogen and oxygen atoms in total. The van der Waals surface area contributed by atoms with Crippen LogP contribution in [0.1, 0.15) is 34.1 Å². The molecule has 0 radical (unpaired) electrons. The molecule has 1 fully saturated rings. The number of hydrogen-bond donors (Lipinski definition) is 2. The molecule has 1 heterocycles. The monoisotopic (exact) mass is 422 g/mol. The van der Waals surface area contributed by atoms with Crippen LogP contribution in [0.15, 0.2) is 4.99 Å². The number of nitrogens with one attached hydrogen (secondary N) is 2. The second-order valence-electron chi connectivity index (χ2n) is 6.18. The molecule has 0 aromatic heterocycles. The molecule has 0 aromatic rings. The number of halogens is 4. The van der Waals surface area contributed by atoms with Gasteiger partial charge in [0.1, 0.15) is 0 Å². The Labute approximate surface area is 142 Å². The summed E-state index contributed by atoms with van der Waals surface area (Å²) in [5.41, 5.74) is -0.134. The fourth-order valence-electron chi connectivity index (χ4n) is 2.18. The molecule has 1 aliphatic heterocycles. The highest BCUT2D eigenvalue weighted by molar-refractivity contribution is 14.0. The van der Waals surface area contributed by atoms with Gasteiger partial charge in [0.15, 0.2) is 5.96 Å². The van der Waals surface area contributed by atoms with Crippen molar-refractivity contribution in [3.8, 4) is 0 Å². The second kappa shape index (κ2) is 8.40. The van der Waals surface area contributed by atoms with Crippen LogP contribution in [-0.4, -0.2) is 54.8 Å². The first-order valence-corrected chi connectivity index (χ1v) is 6.97. The summed E-state index contributed by atoms with van der Waals surface area (Å²) in [4.78, 5) is 5.76. The van der Waals surface area contributed by atoms with Crippen LogP contribution in [0.4, 0.5) is 13.2 Å². The lowest BCUT2D eigenvalue weighted by atomic mass is 10.1. The second-order valence-corrected chi connectivity index (χ2v) is 6.18. The molecule has 8 heteroatoms. The van der Waals surface area contributed by atoms with Crippen molar-refractivity contribution in [2.45, 2.75) is 51.9 Å². The third-order valence-corrected chi connectivity index (χ3v) is 2.83. The van der Waals surface area contributed by atoms with Gasteiger partial charge in [-0.05, 0) is 34.1 Å². The fraction of sp³-hybridized carbons (Fsp3) is 0.923. The minimum atomic E-state index is -4.13. The Morgan fingerprint density at radius 1 is 1.29 bits per heavy atom. The maximum Gasteiger partial charge on any atom is 0.401 e. The standard InChI is InChI=1S/C13H25F3N4.HI/c1-5-17-11(19-12(2,3)4)18-10-6-7-20(8-10)9-13(14,15)16;/h10H,5-9H2,1-4H3,(H2,17,18,19);1H. The molecule has 0 bridgehead atoms. The minimum Gasteiger partial charge on any atom is -0.352 e. The molecule has 0 saturated carbocycles. The smallest absolute Gasteiger partial charge is 0.352 e. The maximum atomic E-state index is 12.3. The molecule has 1 saturated heterocycles. The van der Waals surface area contributed by atoms with Gasteiger partial charge in [0, 0.05) is 31.2 Å². The van der Waals surface area contributed by atoms with Gasteiger partial charge in [0.2, 0.25) is 0 Å². The largest absolute Gasteiger partial charge is 0.401 e. The Balaban J connectivity index is 0.00000400. The summed E-state index contributed by atoms with van der Waals surface area (Å²) in [6.45, 7) is 8.64. The molecule has 0 aliphatic carbocycles. The van der Waals surface area contributed by atoms with E-state index in [-0.39, 0.29) is 35.6 Å². The average molecular weight is 422 g/mol. The zero-order chi connectivity index (χ0) is 15.4. The SMILES string of the molecule is CCN=C(NC1CCN(CC(F)(F)F)C1)NC(C)(C)C.I. The highest BCUT2D eigenvalue weighted by atomic mass is 127. The molecular weight excluding hydrogens is 396 g/mol. The van der Waals surface area contributed by atoms with Crippen LogP contribution in [-0.2, 0) is 0 Å². The van der Waals surface area contributed by atoms with E-state index in [1.54, 1.807) is 0 Å². The van der Waals surface area contributed by atoms with Crippen molar-refractivity contribution in [1.82, 2.24) is 15.5 Å². The molecule has 21 heavy (non-hydrogen) atoms. The molecule has 0 spiro atoms. The van der Waals surface area contributed by atoms with Gasteiger partial charge in [-0.1, -0.05) is 0 Å². The van der Waals surface area contributed by atoms with Gasteiger partial charge in [0.25, 0.3) is 0 Å². The van der Waals surface area contributed by atoms with E-state index in [9.17, 15) is 13.2 Å². The first kappa shape index (κ1) is 20.8. The Bertz CT molecular complexity index is 339. The predicted molar refractivity (Wildman–Crippen MR) is 90.3 cm³/mol. The highest BCUT2D eigenvalue weighted by Crippen LogP contribution is 2.19. The van der Waals surface area contributed by atoms with Crippen molar-refractivity contribution >= 4 is 29.9 Å². The van der Waals surface area contributed by atoms with Crippen LogP contribution in [0.5, 0.6) is 0 Å². The molecule has 1 unspecified atom stereocenters. The van der Waals surface area contributed by atoms with Gasteiger partial charge in [-0.15, -0.1) is 24.0 Å². The number of aliphatic imine (C=N–C) groups is 1. The van der Waals surface area contributed by atoms with Gasteiger partial charge in [-0.25, -0.2) is 0 Å². The van der Waals surface area contributed by atoms with Gasteiger partial charge < -0.3 is 10.6 Å². The molecule has 2 N–H and O–H groups in total. The summed E-state index contributed by atoms with van der Waals surface area (Å²) >= 11 is 0. The van der Waals surface area contributed by atoms with Crippen molar-refractivity contribution in [3.63, 3.8) is 0 Å². The van der Waals surface area contributed by atoms with Crippen molar-refractivity contribution in [2.24, 2.45) is 4.99 Å². The fourth-order valence-corrected chi connectivity index (χ4v) is 2.18. The average Bonchev–Trinajstić information content (AvgIpc) is 2.60. The topological polar surface area (TPSA) is 39.7 Å². The number of nitrogens with zero attached hydrogens (tertiary/aromatic N) is 2. The van der Waals surface area contributed by atoms with E-state index >= 15 is 0 Å². The van der Waals surface area contributed by atoms with Crippen LogP contribution < -0.4 is 10.6 Å². The maximum absolute atomic E-state index is 12.3. The van der Waals surface area contributed by atoms with Crippen LogP contribution in [0, 0.1) is 0 Å². The van der Waals surface area contributed by atoms with Crippen LogP contribution in [0.25, 0.3) is 0 Å². The number of rotatable bonds is 3. The first-order valence-electron chi connectivity index (χ1n) is 6.97. The van der Waals surface area contributed by atoms with Crippen molar-refractivity contribution in [2.75, 3.05) is 26.2 Å². The lowest BCUT2D eigenvalue weighted by Crippen LogP contribution is -2.51. The van der Waals surface area contributed by atoms with E-state index in [1.807, 2.05) is 27.7 Å². The number of guanidine groups is 1. The summed E-state index contributed by atoms with van der Waals surface area (Å²) in [7, 11) is 0. The van der Waals surface area contributed by atoms with Gasteiger partial charge >= 0.3 is 6.18 Å². The Morgan fingerprint density at radius 2 is 1.90 bits per heavy atom. The van der Waals surface area contributed by atoms with Gasteiger partial charge in [-0.2, -0.15) is 13.2 Å². The Hall–Kier alpha value is -0.250. The third kappa shape index (κ3) is 9.38. The summed E-state index contributed by atoms with van der Waals surface area (Å²) in [6, 6.07) is 0.0116. The molecule has 126 valence electrons. The predicted octanol–water partition coefficient (Wildman–Crippen LogP) is 2.59. The van der Waals surface area contributed by atoms with E-state index in [4.69, 9.17) is 0 Å². The molecule has 1 atom stereocenters. The molecule has 0 aromatic carbocycles. The zero-order valence-corrected chi connectivity index (χ0v) is 15.4. The van der Waals surface area contributed by atoms with Crippen molar-refractivity contribution < 1.29 is 13.2 Å². The summed E-state index contributed by atoms with van der Waals surface area (Å²) < 4.78 is 37.0. The highest BCUT2D eigenvalue weighted by Gasteiger charge is 2.34. The van der Waals surface area contributed by atoms with Crippen LogP contribution >= 0.6 is 24.0 Å². The van der Waals surface area contributed by atoms with E-state index in [0.29, 0.717) is 32.0 Å². The molecule has 1 rings (SSSR count). The summed E-state index contributed by atoms with van der Waals surface area (Å²) in [5, 5.41) is 6.46. The van der Waals surface area contributed by atoms with Crippen molar-refractivity contribution in [3.05, 3.63) is 0 Å². The summed E-state index contributed by atoms with van der Waals surface area (Å²) in [5.74, 6) is 0.666. The van der Waals surface area contributed by atoms with E-state index in [1.165, 1.54) is 4.90 Å². The minimum absolute atomic E-state index is 0. The lowest BCUT2D eigenvalue weighted by molar-refractivity contribution is -0.143. The number of alkyl halides is 3. The van der Waals surface area contributed by atoms with Crippen molar-refractivity contribution in [1.29, 1.82) is 0 Å². The van der Waals surface area contributed by atoms with Gasteiger partial charge in [-0.3, -0.25) is 9.89 Å². The molecule has 0 amide bonds. The molecule has 1 aliphatic rings. The van der Waals surface area contributed by atoms with E-state index < -0.39 is 12.7 Å².